The van der Waals surface area contributed by atoms with Crippen LogP contribution in [0.5, 0.6) is 23.0 Å². The summed E-state index contributed by atoms with van der Waals surface area (Å²) in [6.45, 7) is 0. The van der Waals surface area contributed by atoms with E-state index >= 15 is 0 Å². The van der Waals surface area contributed by atoms with Gasteiger partial charge in [0.1, 0.15) is 11.5 Å². The van der Waals surface area contributed by atoms with Gasteiger partial charge in [-0.3, -0.25) is 4.79 Å². The number of alkyl halides is 3. The predicted molar refractivity (Wildman–Crippen MR) is 98.4 cm³/mol. The van der Waals surface area contributed by atoms with Crippen molar-refractivity contribution in [2.24, 2.45) is 0 Å². The number of anilines is 1. The highest BCUT2D eigenvalue weighted by atomic mass is 19.4. The third kappa shape index (κ3) is 4.75. The van der Waals surface area contributed by atoms with Crippen LogP contribution >= 0.6 is 0 Å². The number of amides is 1. The Morgan fingerprint density at radius 3 is 2.14 bits per heavy atom. The van der Waals surface area contributed by atoms with Gasteiger partial charge in [0.25, 0.3) is 5.91 Å². The first-order chi connectivity index (χ1) is 13.8. The number of pyridine rings is 1. The van der Waals surface area contributed by atoms with Crippen molar-refractivity contribution in [1.82, 2.24) is 4.98 Å². The van der Waals surface area contributed by atoms with Gasteiger partial charge < -0.3 is 19.9 Å². The summed E-state index contributed by atoms with van der Waals surface area (Å²) < 4.78 is 48.2. The number of nitrogens with one attached hydrogen (secondary N) is 1. The quantitative estimate of drug-likeness (QED) is 0.635. The predicted octanol–water partition coefficient (Wildman–Crippen LogP) is 4.86. The van der Waals surface area contributed by atoms with Gasteiger partial charge in [-0.1, -0.05) is 0 Å². The zero-order valence-corrected chi connectivity index (χ0v) is 15.0. The van der Waals surface area contributed by atoms with Crippen molar-refractivity contribution in [2.45, 2.75) is 6.18 Å². The number of halogens is 3. The van der Waals surface area contributed by atoms with Gasteiger partial charge in [0.15, 0.2) is 17.2 Å². The van der Waals surface area contributed by atoms with E-state index in [1.807, 2.05) is 0 Å². The second-order valence-electron chi connectivity index (χ2n) is 5.81. The fraction of sp³-hybridized carbons (Fsp3) is 0.100. The molecule has 0 bridgehead atoms. The number of hydrogen-bond acceptors (Lipinski definition) is 5. The number of aromatic hydroxyl groups is 1. The van der Waals surface area contributed by atoms with Crippen molar-refractivity contribution < 1.29 is 32.5 Å². The van der Waals surface area contributed by atoms with Crippen LogP contribution in [0.25, 0.3) is 0 Å². The fourth-order valence-electron chi connectivity index (χ4n) is 2.41. The molecule has 2 N–H and O–H groups in total. The summed E-state index contributed by atoms with van der Waals surface area (Å²) in [5.41, 5.74) is -0.564. The molecular formula is C20H15F3N2O4. The van der Waals surface area contributed by atoms with Crippen LogP contribution in [0.2, 0.25) is 0 Å². The summed E-state index contributed by atoms with van der Waals surface area (Å²) in [7, 11) is 1.35. The van der Waals surface area contributed by atoms with Gasteiger partial charge in [-0.15, -0.1) is 0 Å². The van der Waals surface area contributed by atoms with E-state index in [-0.39, 0.29) is 22.9 Å². The van der Waals surface area contributed by atoms with Crippen LogP contribution in [-0.2, 0) is 6.18 Å². The molecule has 0 fully saturated rings. The van der Waals surface area contributed by atoms with E-state index < -0.39 is 17.6 Å². The lowest BCUT2D eigenvalue weighted by Crippen LogP contribution is -2.14. The largest absolute Gasteiger partial charge is 0.503 e. The minimum Gasteiger partial charge on any atom is -0.503 e. The Morgan fingerprint density at radius 2 is 1.59 bits per heavy atom. The van der Waals surface area contributed by atoms with Crippen molar-refractivity contribution in [1.29, 1.82) is 0 Å². The second-order valence-corrected chi connectivity index (χ2v) is 5.81. The molecule has 2 aromatic carbocycles. The number of nitrogens with zero attached hydrogens (tertiary/aromatic N) is 1. The van der Waals surface area contributed by atoms with Crippen LogP contribution in [-0.4, -0.2) is 23.1 Å². The standard InChI is InChI=1S/C20H15F3N2O4/c1-28-16-10-11-24-17(18(16)26)19(27)25-13-4-8-15(9-5-13)29-14-6-2-12(3-7-14)20(21,22)23/h2-11,26H,1H3,(H,25,27). The highest BCUT2D eigenvalue weighted by Gasteiger charge is 2.30. The zero-order chi connectivity index (χ0) is 21.0. The fourth-order valence-corrected chi connectivity index (χ4v) is 2.41. The molecule has 0 radical (unpaired) electrons. The molecule has 1 heterocycles. The SMILES string of the molecule is COc1ccnc(C(=O)Nc2ccc(Oc3ccc(C(F)(F)F)cc3)cc2)c1O. The first-order valence-electron chi connectivity index (χ1n) is 8.26. The van der Waals surface area contributed by atoms with E-state index in [1.165, 1.54) is 55.8 Å². The minimum atomic E-state index is -4.41. The molecule has 0 saturated heterocycles. The number of carbonyl (C=O) groups excluding carboxylic acids is 1. The van der Waals surface area contributed by atoms with Gasteiger partial charge in [-0.2, -0.15) is 13.2 Å². The third-order valence-electron chi connectivity index (χ3n) is 3.85. The Bertz CT molecular complexity index is 1000. The average Bonchev–Trinajstić information content (AvgIpc) is 2.69. The summed E-state index contributed by atoms with van der Waals surface area (Å²) in [6, 6.07) is 11.8. The molecule has 0 atom stereocenters. The average molecular weight is 404 g/mol. The van der Waals surface area contributed by atoms with Gasteiger partial charge in [-0.05, 0) is 48.5 Å². The summed E-state index contributed by atoms with van der Waals surface area (Å²) in [4.78, 5) is 16.1. The van der Waals surface area contributed by atoms with Crippen molar-refractivity contribution in [2.75, 3.05) is 12.4 Å². The minimum absolute atomic E-state index is 0.116. The summed E-state index contributed by atoms with van der Waals surface area (Å²) in [6.07, 6.45) is -3.08. The van der Waals surface area contributed by atoms with E-state index in [4.69, 9.17) is 9.47 Å². The third-order valence-corrected chi connectivity index (χ3v) is 3.85. The van der Waals surface area contributed by atoms with Gasteiger partial charge in [0.05, 0.1) is 12.7 Å². The number of hydrogen-bond donors (Lipinski definition) is 2. The highest BCUT2D eigenvalue weighted by Crippen LogP contribution is 2.32. The number of benzene rings is 2. The van der Waals surface area contributed by atoms with Crippen molar-refractivity contribution in [3.8, 4) is 23.0 Å². The lowest BCUT2D eigenvalue weighted by Gasteiger charge is -2.10. The van der Waals surface area contributed by atoms with Crippen LogP contribution < -0.4 is 14.8 Å². The molecule has 1 aromatic heterocycles. The monoisotopic (exact) mass is 404 g/mol. The van der Waals surface area contributed by atoms with Crippen LogP contribution in [0.4, 0.5) is 18.9 Å². The van der Waals surface area contributed by atoms with Crippen molar-refractivity contribution in [3.63, 3.8) is 0 Å². The van der Waals surface area contributed by atoms with E-state index in [0.29, 0.717) is 11.4 Å². The maximum Gasteiger partial charge on any atom is 0.416 e. The van der Waals surface area contributed by atoms with Gasteiger partial charge in [-0.25, -0.2) is 4.98 Å². The molecule has 0 saturated carbocycles. The van der Waals surface area contributed by atoms with Crippen molar-refractivity contribution in [3.05, 3.63) is 72.1 Å². The van der Waals surface area contributed by atoms with Crippen LogP contribution in [0.3, 0.4) is 0 Å². The molecular weight excluding hydrogens is 389 g/mol. The lowest BCUT2D eigenvalue weighted by atomic mass is 10.2. The van der Waals surface area contributed by atoms with E-state index in [1.54, 1.807) is 0 Å². The van der Waals surface area contributed by atoms with Gasteiger partial charge in [0, 0.05) is 18.0 Å². The summed E-state index contributed by atoms with van der Waals surface area (Å²) in [5.74, 6) is -0.302. The first kappa shape index (κ1) is 20.0. The molecule has 29 heavy (non-hydrogen) atoms. The van der Waals surface area contributed by atoms with Gasteiger partial charge in [0.2, 0.25) is 0 Å². The molecule has 3 aromatic rings. The van der Waals surface area contributed by atoms with E-state index in [9.17, 15) is 23.1 Å². The molecule has 9 heteroatoms. The Labute approximate surface area is 163 Å². The Hall–Kier alpha value is -3.75. The number of carbonyl (C=O) groups is 1. The Kier molecular flexibility index (Phi) is 5.58. The number of aromatic nitrogens is 1. The summed E-state index contributed by atoms with van der Waals surface area (Å²) >= 11 is 0. The van der Waals surface area contributed by atoms with Crippen molar-refractivity contribution >= 4 is 11.6 Å². The zero-order valence-electron chi connectivity index (χ0n) is 15.0. The molecule has 0 aliphatic rings. The smallest absolute Gasteiger partial charge is 0.416 e. The van der Waals surface area contributed by atoms with Crippen LogP contribution in [0, 0.1) is 0 Å². The topological polar surface area (TPSA) is 80.7 Å². The molecule has 1 amide bonds. The highest BCUT2D eigenvalue weighted by molar-refractivity contribution is 6.05. The van der Waals surface area contributed by atoms with E-state index in [0.717, 1.165) is 12.1 Å². The maximum absolute atomic E-state index is 12.6. The Balaban J connectivity index is 1.67. The number of methoxy groups -OCH3 is 1. The molecule has 0 unspecified atom stereocenters. The first-order valence-corrected chi connectivity index (χ1v) is 8.26. The second kappa shape index (κ2) is 8.09. The molecule has 150 valence electrons. The van der Waals surface area contributed by atoms with Crippen LogP contribution in [0.15, 0.2) is 60.8 Å². The maximum atomic E-state index is 12.6. The molecule has 6 nitrogen and oxygen atoms in total. The molecule has 0 aliphatic heterocycles. The number of rotatable bonds is 5. The molecule has 0 spiro atoms. The van der Waals surface area contributed by atoms with E-state index in [2.05, 4.69) is 10.3 Å². The normalized spacial score (nSPS) is 11.0. The lowest BCUT2D eigenvalue weighted by molar-refractivity contribution is -0.137. The molecule has 0 aliphatic carbocycles. The Morgan fingerprint density at radius 1 is 1.00 bits per heavy atom. The van der Waals surface area contributed by atoms with Gasteiger partial charge >= 0.3 is 6.18 Å². The van der Waals surface area contributed by atoms with Crippen LogP contribution in [0.1, 0.15) is 16.1 Å². The summed E-state index contributed by atoms with van der Waals surface area (Å²) in [5, 5.41) is 12.5. The number of ether oxygens (including phenoxy) is 2. The molecule has 3 rings (SSSR count).